The zero-order valence-corrected chi connectivity index (χ0v) is 15.2. The molecule has 0 saturated heterocycles. The van der Waals surface area contributed by atoms with Crippen LogP contribution in [0.25, 0.3) is 0 Å². The summed E-state index contributed by atoms with van der Waals surface area (Å²) in [6.07, 6.45) is 6.80. The number of ether oxygens (including phenoxy) is 1. The Balaban J connectivity index is 1.58. The van der Waals surface area contributed by atoms with E-state index < -0.39 is 11.9 Å². The lowest BCUT2D eigenvalue weighted by molar-refractivity contribution is -0.119. The number of nitrogens with one attached hydrogen (secondary N) is 1. The average molecular weight is 368 g/mol. The van der Waals surface area contributed by atoms with Crippen LogP contribution < -0.4 is 5.32 Å². The highest BCUT2D eigenvalue weighted by atomic mass is 32.1. The van der Waals surface area contributed by atoms with Gasteiger partial charge in [0.15, 0.2) is 6.61 Å². The molecule has 1 aromatic heterocycles. The van der Waals surface area contributed by atoms with Crippen molar-refractivity contribution in [2.45, 2.75) is 38.5 Å². The summed E-state index contributed by atoms with van der Waals surface area (Å²) in [5, 5.41) is 11.6. The minimum Gasteiger partial charge on any atom is -0.451 e. The number of amides is 1. The molecule has 0 atom stereocenters. The second-order valence-corrected chi connectivity index (χ2v) is 7.39. The Morgan fingerprint density at radius 2 is 1.92 bits per heavy atom. The third-order valence-corrected chi connectivity index (χ3v) is 5.57. The average Bonchev–Trinajstić information content (AvgIpc) is 3.02. The highest BCUT2D eigenvalue weighted by Gasteiger charge is 2.18. The first-order valence-electron chi connectivity index (χ1n) is 8.75. The Labute approximate surface area is 156 Å². The third kappa shape index (κ3) is 4.50. The Morgan fingerprint density at radius 1 is 1.15 bits per heavy atom. The molecule has 3 rings (SSSR count). The van der Waals surface area contributed by atoms with Gasteiger partial charge in [0.25, 0.3) is 5.91 Å². The summed E-state index contributed by atoms with van der Waals surface area (Å²) in [5.74, 6) is -0.929. The first kappa shape index (κ1) is 18.2. The van der Waals surface area contributed by atoms with Crippen LogP contribution >= 0.6 is 11.3 Å². The fraction of sp³-hybridized carbons (Fsp3) is 0.350. The molecule has 26 heavy (non-hydrogen) atoms. The number of para-hydroxylation sites is 1. The first-order chi connectivity index (χ1) is 12.7. The molecule has 0 unspecified atom stereocenters. The molecule has 1 amide bonds. The van der Waals surface area contributed by atoms with Gasteiger partial charge in [0.05, 0.1) is 11.3 Å². The fourth-order valence-corrected chi connectivity index (χ4v) is 4.17. The normalized spacial score (nSPS) is 13.7. The van der Waals surface area contributed by atoms with E-state index in [1.807, 2.05) is 12.1 Å². The maximum atomic E-state index is 12.3. The molecule has 5 nitrogen and oxygen atoms in total. The first-order valence-corrected chi connectivity index (χ1v) is 9.56. The largest absolute Gasteiger partial charge is 0.451 e. The minimum absolute atomic E-state index is 0.366. The van der Waals surface area contributed by atoms with Crippen molar-refractivity contribution in [3.8, 4) is 6.07 Å². The molecular weight excluding hydrogens is 348 g/mol. The zero-order valence-electron chi connectivity index (χ0n) is 14.4. The summed E-state index contributed by atoms with van der Waals surface area (Å²) in [7, 11) is 0. The summed E-state index contributed by atoms with van der Waals surface area (Å²) < 4.78 is 5.15. The van der Waals surface area contributed by atoms with Crippen molar-refractivity contribution in [3.05, 3.63) is 51.2 Å². The maximum Gasteiger partial charge on any atom is 0.348 e. The predicted octanol–water partition coefficient (Wildman–Crippen LogP) is 4.07. The van der Waals surface area contributed by atoms with E-state index in [1.54, 1.807) is 24.3 Å². The number of aryl methyl sites for hydroxylation is 2. The van der Waals surface area contributed by atoms with Crippen LogP contribution in [0, 0.1) is 11.3 Å². The van der Waals surface area contributed by atoms with Crippen LogP contribution in [0.3, 0.4) is 0 Å². The van der Waals surface area contributed by atoms with Crippen LogP contribution in [0.4, 0.5) is 5.69 Å². The molecule has 1 heterocycles. The van der Waals surface area contributed by atoms with Gasteiger partial charge in [-0.25, -0.2) is 4.79 Å². The number of nitrogens with zero attached hydrogens (tertiary/aromatic N) is 1. The molecule has 1 N–H and O–H groups in total. The van der Waals surface area contributed by atoms with E-state index >= 15 is 0 Å². The molecule has 1 aromatic carbocycles. The van der Waals surface area contributed by atoms with E-state index in [0.717, 1.165) is 25.7 Å². The van der Waals surface area contributed by atoms with Crippen molar-refractivity contribution in [1.29, 1.82) is 5.26 Å². The number of nitriles is 1. The fourth-order valence-electron chi connectivity index (χ4n) is 3.02. The third-order valence-electron chi connectivity index (χ3n) is 4.35. The number of benzene rings is 1. The van der Waals surface area contributed by atoms with E-state index in [1.165, 1.54) is 34.6 Å². The molecule has 0 radical (unpaired) electrons. The molecule has 0 saturated carbocycles. The summed E-state index contributed by atoms with van der Waals surface area (Å²) in [6, 6.07) is 10.6. The Bertz CT molecular complexity index is 825. The van der Waals surface area contributed by atoms with Crippen molar-refractivity contribution >= 4 is 28.9 Å². The molecule has 0 aliphatic heterocycles. The molecular formula is C20H20N2O3S. The van der Waals surface area contributed by atoms with Gasteiger partial charge in [-0.15, -0.1) is 11.3 Å². The van der Waals surface area contributed by atoms with Gasteiger partial charge in [-0.1, -0.05) is 25.0 Å². The van der Waals surface area contributed by atoms with Gasteiger partial charge >= 0.3 is 5.97 Å². The maximum absolute atomic E-state index is 12.3. The van der Waals surface area contributed by atoms with E-state index in [0.29, 0.717) is 16.1 Å². The SMILES string of the molecule is N#Cc1ccccc1NC(=O)COC(=O)c1cc2c(s1)CCCCCC2. The van der Waals surface area contributed by atoms with Crippen LogP contribution in [-0.4, -0.2) is 18.5 Å². The molecule has 1 aliphatic rings. The molecule has 2 aromatic rings. The Hall–Kier alpha value is -2.65. The molecule has 0 spiro atoms. The number of thiophene rings is 1. The van der Waals surface area contributed by atoms with Crippen LogP contribution in [0.15, 0.2) is 30.3 Å². The number of hydrogen-bond acceptors (Lipinski definition) is 5. The van der Waals surface area contributed by atoms with Crippen LogP contribution in [0.1, 0.15) is 51.4 Å². The number of anilines is 1. The van der Waals surface area contributed by atoms with Crippen molar-refractivity contribution in [2.24, 2.45) is 0 Å². The van der Waals surface area contributed by atoms with E-state index in [-0.39, 0.29) is 6.61 Å². The minimum atomic E-state index is -0.467. The van der Waals surface area contributed by atoms with Crippen molar-refractivity contribution < 1.29 is 14.3 Å². The quantitative estimate of drug-likeness (QED) is 0.825. The summed E-state index contributed by atoms with van der Waals surface area (Å²) in [4.78, 5) is 26.1. The van der Waals surface area contributed by atoms with Gasteiger partial charge in [-0.3, -0.25) is 4.79 Å². The summed E-state index contributed by atoms with van der Waals surface area (Å²) in [6.45, 7) is -0.374. The van der Waals surface area contributed by atoms with Gasteiger partial charge in [0.1, 0.15) is 10.9 Å². The van der Waals surface area contributed by atoms with Crippen LogP contribution in [0.2, 0.25) is 0 Å². The van der Waals surface area contributed by atoms with Crippen molar-refractivity contribution in [1.82, 2.24) is 0 Å². The highest BCUT2D eigenvalue weighted by Crippen LogP contribution is 2.28. The molecule has 0 fully saturated rings. The highest BCUT2D eigenvalue weighted by molar-refractivity contribution is 7.14. The number of hydrogen-bond donors (Lipinski definition) is 1. The van der Waals surface area contributed by atoms with Crippen LogP contribution in [-0.2, 0) is 22.4 Å². The monoisotopic (exact) mass is 368 g/mol. The van der Waals surface area contributed by atoms with Gasteiger partial charge in [-0.2, -0.15) is 5.26 Å². The predicted molar refractivity (Wildman–Crippen MR) is 100 cm³/mol. The summed E-state index contributed by atoms with van der Waals surface area (Å²) in [5.41, 5.74) is 2.02. The number of rotatable bonds is 4. The van der Waals surface area contributed by atoms with Gasteiger partial charge in [0.2, 0.25) is 0 Å². The smallest absolute Gasteiger partial charge is 0.348 e. The van der Waals surface area contributed by atoms with Crippen LogP contribution in [0.5, 0.6) is 0 Å². The Morgan fingerprint density at radius 3 is 2.73 bits per heavy atom. The van der Waals surface area contributed by atoms with Gasteiger partial charge in [0, 0.05) is 4.88 Å². The van der Waals surface area contributed by atoms with Crippen molar-refractivity contribution in [3.63, 3.8) is 0 Å². The number of fused-ring (bicyclic) bond motifs is 1. The van der Waals surface area contributed by atoms with E-state index in [2.05, 4.69) is 5.32 Å². The van der Waals surface area contributed by atoms with Crippen molar-refractivity contribution in [2.75, 3.05) is 11.9 Å². The van der Waals surface area contributed by atoms with E-state index in [9.17, 15) is 9.59 Å². The lowest BCUT2D eigenvalue weighted by Gasteiger charge is -2.07. The lowest BCUT2D eigenvalue weighted by atomic mass is 10.00. The van der Waals surface area contributed by atoms with Gasteiger partial charge < -0.3 is 10.1 Å². The standard InChI is InChI=1S/C20H20N2O3S/c21-12-15-8-5-6-9-16(15)22-19(23)13-25-20(24)18-11-14-7-3-1-2-4-10-17(14)26-18/h5-6,8-9,11H,1-4,7,10,13H2,(H,22,23). The molecule has 6 heteroatoms. The summed E-state index contributed by atoms with van der Waals surface area (Å²) >= 11 is 1.48. The lowest BCUT2D eigenvalue weighted by Crippen LogP contribution is -2.21. The second kappa shape index (κ2) is 8.63. The molecule has 134 valence electrons. The number of carbonyl (C=O) groups excluding carboxylic acids is 2. The topological polar surface area (TPSA) is 79.2 Å². The van der Waals surface area contributed by atoms with E-state index in [4.69, 9.17) is 10.00 Å². The van der Waals surface area contributed by atoms with Gasteiger partial charge in [-0.05, 0) is 49.4 Å². The Kier molecular flexibility index (Phi) is 6.03. The number of carbonyl (C=O) groups is 2. The molecule has 0 bridgehead atoms. The second-order valence-electron chi connectivity index (χ2n) is 6.25. The zero-order chi connectivity index (χ0) is 18.4. The number of esters is 1. The molecule has 1 aliphatic carbocycles.